The van der Waals surface area contributed by atoms with Crippen molar-refractivity contribution in [3.8, 4) is 0 Å². The summed E-state index contributed by atoms with van der Waals surface area (Å²) in [4.78, 5) is 48.8. The predicted molar refractivity (Wildman–Crippen MR) is 91.9 cm³/mol. The van der Waals surface area contributed by atoms with Crippen LogP contribution in [0, 0.1) is 0 Å². The highest BCUT2D eigenvalue weighted by atomic mass is 16.5. The van der Waals surface area contributed by atoms with Crippen LogP contribution in [0.15, 0.2) is 18.2 Å². The number of anilines is 1. The minimum Gasteiger partial charge on any atom is -0.465 e. The van der Waals surface area contributed by atoms with E-state index in [9.17, 15) is 19.2 Å². The number of ether oxygens (including phenoxy) is 2. The van der Waals surface area contributed by atoms with Crippen LogP contribution in [0.3, 0.4) is 0 Å². The smallest absolute Gasteiger partial charge is 0.337 e. The number of piperidine rings is 1. The van der Waals surface area contributed by atoms with E-state index >= 15 is 0 Å². The van der Waals surface area contributed by atoms with Crippen molar-refractivity contribution in [2.75, 3.05) is 33.1 Å². The summed E-state index contributed by atoms with van der Waals surface area (Å²) in [5.74, 6) is -1.25. The number of hydrogen-bond donors (Lipinski definition) is 2. The lowest BCUT2D eigenvalue weighted by atomic mass is 10.1. The van der Waals surface area contributed by atoms with Gasteiger partial charge in [0.2, 0.25) is 5.91 Å². The second kappa shape index (κ2) is 8.32. The summed E-state index contributed by atoms with van der Waals surface area (Å²) >= 11 is 0. The molecule has 2 N–H and O–H groups in total. The molecule has 0 saturated carbocycles. The van der Waals surface area contributed by atoms with Gasteiger partial charge >= 0.3 is 18.0 Å². The molecule has 3 amide bonds. The van der Waals surface area contributed by atoms with Gasteiger partial charge in [-0.25, -0.2) is 14.4 Å². The molecule has 1 atom stereocenters. The molecule has 0 aromatic heterocycles. The lowest BCUT2D eigenvalue weighted by molar-refractivity contribution is -0.132. The van der Waals surface area contributed by atoms with Gasteiger partial charge in [0.05, 0.1) is 25.3 Å². The topological polar surface area (TPSA) is 114 Å². The molecule has 1 aromatic carbocycles. The van der Waals surface area contributed by atoms with E-state index in [0.717, 1.165) is 0 Å². The van der Waals surface area contributed by atoms with Crippen molar-refractivity contribution in [1.29, 1.82) is 0 Å². The molecule has 2 rings (SSSR count). The van der Waals surface area contributed by atoms with Crippen molar-refractivity contribution in [2.24, 2.45) is 0 Å². The fraction of sp³-hybridized carbons (Fsp3) is 0.412. The van der Waals surface area contributed by atoms with Gasteiger partial charge in [-0.05, 0) is 24.6 Å². The molecular formula is C17H21N3O6. The molecule has 1 aliphatic heterocycles. The van der Waals surface area contributed by atoms with Crippen LogP contribution >= 0.6 is 0 Å². The number of carbonyl (C=O) groups excluding carboxylic acids is 4. The summed E-state index contributed by atoms with van der Waals surface area (Å²) in [5.41, 5.74) is 0.452. The van der Waals surface area contributed by atoms with Crippen molar-refractivity contribution >= 4 is 29.6 Å². The standard InChI is InChI=1S/C17H21N3O6/c1-20-9-12(4-5-14(20)21)18-17(24)19-13-7-10(15(22)25-2)6-11(8-13)16(23)26-3/h6-8,12H,4-5,9H2,1-3H3,(H2,18,19,24). The molecule has 1 unspecified atom stereocenters. The molecule has 0 aliphatic carbocycles. The Morgan fingerprint density at radius 3 is 2.15 bits per heavy atom. The van der Waals surface area contributed by atoms with Gasteiger partial charge in [-0.3, -0.25) is 4.79 Å². The number of likely N-dealkylation sites (N-methyl/N-ethyl adjacent to an activating group) is 1. The van der Waals surface area contributed by atoms with Crippen LogP contribution in [0.4, 0.5) is 10.5 Å². The van der Waals surface area contributed by atoms with Crippen LogP contribution in [-0.4, -0.2) is 62.6 Å². The highest BCUT2D eigenvalue weighted by Crippen LogP contribution is 2.17. The molecule has 1 aromatic rings. The fourth-order valence-corrected chi connectivity index (χ4v) is 2.65. The Bertz CT molecular complexity index is 699. The number of carbonyl (C=O) groups is 4. The number of nitrogens with one attached hydrogen (secondary N) is 2. The largest absolute Gasteiger partial charge is 0.465 e. The summed E-state index contributed by atoms with van der Waals surface area (Å²) < 4.78 is 9.30. The maximum atomic E-state index is 12.2. The highest BCUT2D eigenvalue weighted by molar-refractivity contribution is 5.99. The first-order valence-electron chi connectivity index (χ1n) is 7.97. The van der Waals surface area contributed by atoms with E-state index < -0.39 is 18.0 Å². The quantitative estimate of drug-likeness (QED) is 0.772. The van der Waals surface area contributed by atoms with E-state index in [4.69, 9.17) is 0 Å². The van der Waals surface area contributed by atoms with Crippen molar-refractivity contribution in [3.63, 3.8) is 0 Å². The molecule has 0 spiro atoms. The normalized spacial score (nSPS) is 16.7. The number of nitrogens with zero attached hydrogens (tertiary/aromatic N) is 1. The molecule has 140 valence electrons. The first-order chi connectivity index (χ1) is 12.3. The average molecular weight is 363 g/mol. The van der Waals surface area contributed by atoms with Crippen LogP contribution in [0.2, 0.25) is 0 Å². The van der Waals surface area contributed by atoms with Gasteiger partial charge in [-0.15, -0.1) is 0 Å². The number of esters is 2. The second-order valence-corrected chi connectivity index (χ2v) is 5.89. The number of methoxy groups -OCH3 is 2. The minimum atomic E-state index is -0.647. The molecule has 26 heavy (non-hydrogen) atoms. The summed E-state index contributed by atoms with van der Waals surface area (Å²) in [5, 5.41) is 5.35. The third-order valence-corrected chi connectivity index (χ3v) is 3.99. The van der Waals surface area contributed by atoms with E-state index in [0.29, 0.717) is 19.4 Å². The summed E-state index contributed by atoms with van der Waals surface area (Å²) in [6.07, 6.45) is 0.915. The molecular weight excluding hydrogens is 342 g/mol. The number of likely N-dealkylation sites (tertiary alicyclic amines) is 1. The Kier molecular flexibility index (Phi) is 6.16. The van der Waals surface area contributed by atoms with Crippen molar-refractivity contribution in [1.82, 2.24) is 10.2 Å². The zero-order valence-corrected chi connectivity index (χ0v) is 14.8. The first-order valence-corrected chi connectivity index (χ1v) is 7.97. The Hall–Kier alpha value is -3.10. The van der Waals surface area contributed by atoms with Gasteiger partial charge in [0.1, 0.15) is 0 Å². The van der Waals surface area contributed by atoms with Crippen molar-refractivity contribution in [3.05, 3.63) is 29.3 Å². The monoisotopic (exact) mass is 363 g/mol. The molecule has 0 radical (unpaired) electrons. The summed E-state index contributed by atoms with van der Waals surface area (Å²) in [6, 6.07) is 3.43. The van der Waals surface area contributed by atoms with Crippen molar-refractivity contribution in [2.45, 2.75) is 18.9 Å². The molecule has 1 fully saturated rings. The van der Waals surface area contributed by atoms with Gasteiger partial charge in [0.25, 0.3) is 0 Å². The van der Waals surface area contributed by atoms with Gasteiger partial charge in [0.15, 0.2) is 0 Å². The van der Waals surface area contributed by atoms with E-state index in [2.05, 4.69) is 20.1 Å². The molecule has 1 heterocycles. The Morgan fingerprint density at radius 2 is 1.65 bits per heavy atom. The van der Waals surface area contributed by atoms with Gasteiger partial charge in [0, 0.05) is 31.7 Å². The van der Waals surface area contributed by atoms with Crippen LogP contribution in [0.1, 0.15) is 33.6 Å². The number of benzene rings is 1. The van der Waals surface area contributed by atoms with E-state index in [1.165, 1.54) is 32.4 Å². The van der Waals surface area contributed by atoms with Gasteiger partial charge < -0.3 is 25.0 Å². The Labute approximate surface area is 150 Å². The van der Waals surface area contributed by atoms with Crippen LogP contribution < -0.4 is 10.6 Å². The SMILES string of the molecule is COC(=O)c1cc(NC(=O)NC2CCC(=O)N(C)C2)cc(C(=O)OC)c1. The zero-order valence-electron chi connectivity index (χ0n) is 14.8. The first kappa shape index (κ1) is 19.2. The number of amides is 3. The van der Waals surface area contributed by atoms with Gasteiger partial charge in [-0.2, -0.15) is 0 Å². The van der Waals surface area contributed by atoms with Crippen LogP contribution in [0.5, 0.6) is 0 Å². The lowest BCUT2D eigenvalue weighted by Crippen LogP contribution is -2.49. The molecule has 9 heteroatoms. The number of hydrogen-bond acceptors (Lipinski definition) is 6. The van der Waals surface area contributed by atoms with Crippen LogP contribution in [-0.2, 0) is 14.3 Å². The van der Waals surface area contributed by atoms with E-state index in [-0.39, 0.29) is 28.8 Å². The summed E-state index contributed by atoms with van der Waals surface area (Å²) in [6.45, 7) is 0.419. The maximum absolute atomic E-state index is 12.2. The number of rotatable bonds is 4. The Morgan fingerprint density at radius 1 is 1.08 bits per heavy atom. The van der Waals surface area contributed by atoms with Crippen molar-refractivity contribution < 1.29 is 28.7 Å². The third-order valence-electron chi connectivity index (χ3n) is 3.99. The zero-order chi connectivity index (χ0) is 19.3. The van der Waals surface area contributed by atoms with Crippen LogP contribution in [0.25, 0.3) is 0 Å². The Balaban J connectivity index is 2.11. The van der Waals surface area contributed by atoms with Gasteiger partial charge in [-0.1, -0.05) is 0 Å². The van der Waals surface area contributed by atoms with E-state index in [1.54, 1.807) is 11.9 Å². The van der Waals surface area contributed by atoms with E-state index in [1.807, 2.05) is 0 Å². The molecule has 9 nitrogen and oxygen atoms in total. The average Bonchev–Trinajstić information content (AvgIpc) is 2.62. The molecule has 0 bridgehead atoms. The molecule has 1 saturated heterocycles. The lowest BCUT2D eigenvalue weighted by Gasteiger charge is -2.30. The highest BCUT2D eigenvalue weighted by Gasteiger charge is 2.24. The predicted octanol–water partition coefficient (Wildman–Crippen LogP) is 1.00. The minimum absolute atomic E-state index is 0.0388. The second-order valence-electron chi connectivity index (χ2n) is 5.89. The fourth-order valence-electron chi connectivity index (χ4n) is 2.65. The number of urea groups is 1. The molecule has 1 aliphatic rings. The third kappa shape index (κ3) is 4.71. The maximum Gasteiger partial charge on any atom is 0.337 e. The summed E-state index contributed by atoms with van der Waals surface area (Å²) in [7, 11) is 4.11.